The number of amides is 2. The lowest BCUT2D eigenvalue weighted by molar-refractivity contribution is 0.0724. The van der Waals surface area contributed by atoms with Gasteiger partial charge in [-0.05, 0) is 62.6 Å². The van der Waals surface area contributed by atoms with Gasteiger partial charge in [-0.3, -0.25) is 9.59 Å². The van der Waals surface area contributed by atoms with E-state index in [-0.39, 0.29) is 16.7 Å². The van der Waals surface area contributed by atoms with Crippen molar-refractivity contribution in [2.75, 3.05) is 45.1 Å². The van der Waals surface area contributed by atoms with E-state index in [2.05, 4.69) is 17.3 Å². The SMILES string of the molecule is CCN(CC)S(=O)(=O)c1ccc(C(=O)Nc2sc3c(c2C(=O)N2CCCCC2)CCN(C)C3)cc1. The maximum atomic E-state index is 13.5. The largest absolute Gasteiger partial charge is 0.339 e. The Morgan fingerprint density at radius 2 is 1.69 bits per heavy atom. The Hall–Kier alpha value is -2.27. The molecule has 1 aromatic carbocycles. The molecule has 0 unspecified atom stereocenters. The summed E-state index contributed by atoms with van der Waals surface area (Å²) in [5, 5.41) is 3.56. The molecule has 190 valence electrons. The van der Waals surface area contributed by atoms with Gasteiger partial charge in [-0.2, -0.15) is 4.31 Å². The third-order valence-electron chi connectivity index (χ3n) is 6.79. The predicted molar refractivity (Wildman–Crippen MR) is 139 cm³/mol. The van der Waals surface area contributed by atoms with Crippen LogP contribution in [0, 0.1) is 0 Å². The number of carbonyl (C=O) groups excluding carboxylic acids is 2. The maximum absolute atomic E-state index is 13.5. The van der Waals surface area contributed by atoms with Gasteiger partial charge >= 0.3 is 0 Å². The molecule has 2 aliphatic rings. The average molecular weight is 519 g/mol. The van der Waals surface area contributed by atoms with Crippen LogP contribution in [0.4, 0.5) is 5.00 Å². The summed E-state index contributed by atoms with van der Waals surface area (Å²) in [7, 11) is -1.54. The monoisotopic (exact) mass is 518 g/mol. The summed E-state index contributed by atoms with van der Waals surface area (Å²) >= 11 is 1.47. The summed E-state index contributed by atoms with van der Waals surface area (Å²) in [6.45, 7) is 7.49. The molecule has 2 aliphatic heterocycles. The van der Waals surface area contributed by atoms with Gasteiger partial charge in [-0.15, -0.1) is 11.3 Å². The Labute approximate surface area is 212 Å². The number of likely N-dealkylation sites (tertiary alicyclic amines) is 1. The number of hydrogen-bond donors (Lipinski definition) is 1. The summed E-state index contributed by atoms with van der Waals surface area (Å²) in [5.74, 6) is -0.348. The van der Waals surface area contributed by atoms with Crippen molar-refractivity contribution >= 4 is 38.2 Å². The molecule has 2 aromatic rings. The molecule has 1 aromatic heterocycles. The molecule has 4 rings (SSSR count). The van der Waals surface area contributed by atoms with Crippen LogP contribution in [0.25, 0.3) is 0 Å². The molecule has 2 amide bonds. The van der Waals surface area contributed by atoms with Crippen molar-refractivity contribution in [1.82, 2.24) is 14.1 Å². The van der Waals surface area contributed by atoms with E-state index in [1.807, 2.05) is 4.90 Å². The van der Waals surface area contributed by atoms with Crippen LogP contribution in [0.1, 0.15) is 64.3 Å². The second-order valence-electron chi connectivity index (χ2n) is 9.12. The number of carbonyl (C=O) groups is 2. The third kappa shape index (κ3) is 5.30. The number of nitrogens with one attached hydrogen (secondary N) is 1. The lowest BCUT2D eigenvalue weighted by Crippen LogP contribution is -2.37. The van der Waals surface area contributed by atoms with Crippen LogP contribution in [0.2, 0.25) is 0 Å². The van der Waals surface area contributed by atoms with Gasteiger partial charge in [0.2, 0.25) is 10.0 Å². The molecule has 35 heavy (non-hydrogen) atoms. The smallest absolute Gasteiger partial charge is 0.257 e. The average Bonchev–Trinajstić information content (AvgIpc) is 3.21. The normalized spacial score (nSPS) is 16.9. The molecule has 10 heteroatoms. The minimum atomic E-state index is -3.59. The summed E-state index contributed by atoms with van der Waals surface area (Å²) in [6, 6.07) is 5.99. The van der Waals surface area contributed by atoms with E-state index >= 15 is 0 Å². The van der Waals surface area contributed by atoms with Gasteiger partial charge in [0.1, 0.15) is 5.00 Å². The second kappa shape index (κ2) is 10.8. The number of rotatable bonds is 7. The number of anilines is 1. The number of piperidine rings is 1. The fourth-order valence-corrected chi connectivity index (χ4v) is 7.54. The molecular weight excluding hydrogens is 484 g/mol. The van der Waals surface area contributed by atoms with Gasteiger partial charge < -0.3 is 15.1 Å². The number of benzene rings is 1. The molecule has 1 N–H and O–H groups in total. The molecule has 1 fully saturated rings. The Kier molecular flexibility index (Phi) is 7.95. The highest BCUT2D eigenvalue weighted by Crippen LogP contribution is 2.38. The highest BCUT2D eigenvalue weighted by atomic mass is 32.2. The summed E-state index contributed by atoms with van der Waals surface area (Å²) < 4.78 is 26.9. The molecule has 0 radical (unpaired) electrons. The second-order valence-corrected chi connectivity index (χ2v) is 12.2. The van der Waals surface area contributed by atoms with Crippen molar-refractivity contribution in [3.63, 3.8) is 0 Å². The number of nitrogens with zero attached hydrogens (tertiary/aromatic N) is 3. The van der Waals surface area contributed by atoms with Crippen LogP contribution in [0.3, 0.4) is 0 Å². The zero-order valence-corrected chi connectivity index (χ0v) is 22.3. The molecular formula is C25H34N4O4S2. The maximum Gasteiger partial charge on any atom is 0.257 e. The molecule has 8 nitrogen and oxygen atoms in total. The first-order valence-electron chi connectivity index (χ1n) is 12.3. The minimum absolute atomic E-state index is 0.00252. The molecule has 0 aliphatic carbocycles. The topological polar surface area (TPSA) is 90.0 Å². The lowest BCUT2D eigenvalue weighted by Gasteiger charge is -2.28. The fourth-order valence-electron chi connectivity index (χ4n) is 4.77. The van der Waals surface area contributed by atoms with Crippen LogP contribution >= 0.6 is 11.3 Å². The Morgan fingerprint density at radius 3 is 2.31 bits per heavy atom. The van der Waals surface area contributed by atoms with E-state index in [0.29, 0.717) is 29.2 Å². The molecule has 1 saturated heterocycles. The number of thiophene rings is 1. The fraction of sp³-hybridized carbons (Fsp3) is 0.520. The molecule has 0 saturated carbocycles. The summed E-state index contributed by atoms with van der Waals surface area (Å²) in [5.41, 5.74) is 2.04. The van der Waals surface area contributed by atoms with E-state index in [4.69, 9.17) is 0 Å². The van der Waals surface area contributed by atoms with Crippen molar-refractivity contribution in [1.29, 1.82) is 0 Å². The van der Waals surface area contributed by atoms with E-state index in [1.165, 1.54) is 39.9 Å². The van der Waals surface area contributed by atoms with Crippen molar-refractivity contribution < 1.29 is 18.0 Å². The molecule has 0 bridgehead atoms. The van der Waals surface area contributed by atoms with Crippen LogP contribution < -0.4 is 5.32 Å². The van der Waals surface area contributed by atoms with Gasteiger partial charge in [0.15, 0.2) is 0 Å². The van der Waals surface area contributed by atoms with Gasteiger partial charge in [-0.25, -0.2) is 8.42 Å². The molecule has 0 atom stereocenters. The standard InChI is InChI=1S/C25H34N4O4S2/c1-4-29(5-2)35(32,33)19-11-9-18(10-12-19)23(30)26-24-22(25(31)28-14-7-6-8-15-28)20-13-16-27(3)17-21(20)34-24/h9-12H,4-8,13-17H2,1-3H3,(H,26,30). The highest BCUT2D eigenvalue weighted by molar-refractivity contribution is 7.89. The van der Waals surface area contributed by atoms with E-state index in [9.17, 15) is 18.0 Å². The van der Waals surface area contributed by atoms with E-state index in [1.54, 1.807) is 13.8 Å². The van der Waals surface area contributed by atoms with Crippen LogP contribution in [0.15, 0.2) is 29.2 Å². The van der Waals surface area contributed by atoms with E-state index < -0.39 is 10.0 Å². The van der Waals surface area contributed by atoms with Crippen molar-refractivity contribution in [2.24, 2.45) is 0 Å². The minimum Gasteiger partial charge on any atom is -0.339 e. The summed E-state index contributed by atoms with van der Waals surface area (Å²) in [4.78, 5) is 32.1. The van der Waals surface area contributed by atoms with Crippen molar-refractivity contribution in [2.45, 2.75) is 51.0 Å². The van der Waals surface area contributed by atoms with Gasteiger partial charge in [0.25, 0.3) is 11.8 Å². The van der Waals surface area contributed by atoms with Gasteiger partial charge in [0, 0.05) is 49.7 Å². The number of hydrogen-bond acceptors (Lipinski definition) is 6. The lowest BCUT2D eigenvalue weighted by atomic mass is 10.0. The van der Waals surface area contributed by atoms with Gasteiger partial charge in [0.05, 0.1) is 10.5 Å². The zero-order chi connectivity index (χ0) is 25.2. The number of sulfonamides is 1. The number of fused-ring (bicyclic) bond motifs is 1. The van der Waals surface area contributed by atoms with Crippen molar-refractivity contribution in [3.8, 4) is 0 Å². The van der Waals surface area contributed by atoms with Crippen LogP contribution in [-0.4, -0.2) is 74.1 Å². The first-order valence-corrected chi connectivity index (χ1v) is 14.6. The van der Waals surface area contributed by atoms with Crippen LogP contribution in [0.5, 0.6) is 0 Å². The predicted octanol–water partition coefficient (Wildman–Crippen LogP) is 3.64. The van der Waals surface area contributed by atoms with Crippen LogP contribution in [-0.2, 0) is 23.0 Å². The highest BCUT2D eigenvalue weighted by Gasteiger charge is 2.31. The molecule has 0 spiro atoms. The Morgan fingerprint density at radius 1 is 1.03 bits per heavy atom. The summed E-state index contributed by atoms with van der Waals surface area (Å²) in [6.07, 6.45) is 3.93. The first-order chi connectivity index (χ1) is 16.8. The third-order valence-corrected chi connectivity index (χ3v) is 9.99. The first kappa shape index (κ1) is 25.8. The Bertz CT molecular complexity index is 1180. The van der Waals surface area contributed by atoms with Crippen molar-refractivity contribution in [3.05, 3.63) is 45.8 Å². The molecule has 3 heterocycles. The van der Waals surface area contributed by atoms with Gasteiger partial charge in [-0.1, -0.05) is 13.8 Å². The number of likely N-dealkylation sites (N-methyl/N-ethyl adjacent to an activating group) is 1. The Balaban J connectivity index is 1.60. The van der Waals surface area contributed by atoms with E-state index in [0.717, 1.165) is 62.3 Å². The zero-order valence-electron chi connectivity index (χ0n) is 20.7. The quantitative estimate of drug-likeness (QED) is 0.604.